The molecule has 44 heavy (non-hydrogen) atoms. The number of carbonyl (C=O) groups is 1. The van der Waals surface area contributed by atoms with E-state index in [0.29, 0.717) is 22.7 Å². The quantitative estimate of drug-likeness (QED) is 0.208. The van der Waals surface area contributed by atoms with Gasteiger partial charge >= 0.3 is 6.18 Å². The highest BCUT2D eigenvalue weighted by atomic mass is 35.5. The normalized spacial score (nSPS) is 16.0. The van der Waals surface area contributed by atoms with Crippen LogP contribution in [-0.2, 0) is 5.60 Å². The molecule has 0 bridgehead atoms. The first-order valence-corrected chi connectivity index (χ1v) is 13.5. The summed E-state index contributed by atoms with van der Waals surface area (Å²) in [6.07, 6.45) is -8.50. The molecule has 0 saturated heterocycles. The zero-order valence-electron chi connectivity index (χ0n) is 22.7. The minimum absolute atomic E-state index is 0.0521. The Morgan fingerprint density at radius 2 is 1.86 bits per heavy atom. The summed E-state index contributed by atoms with van der Waals surface area (Å²) < 4.78 is 95.9. The summed E-state index contributed by atoms with van der Waals surface area (Å²) in [5, 5.41) is 13.4. The predicted molar refractivity (Wildman–Crippen MR) is 149 cm³/mol. The number of nitrogens with one attached hydrogen (secondary N) is 1. The Hall–Kier alpha value is -3.81. The van der Waals surface area contributed by atoms with Gasteiger partial charge in [0.2, 0.25) is 12.0 Å². The zero-order chi connectivity index (χ0) is 32.1. The van der Waals surface area contributed by atoms with Crippen molar-refractivity contribution in [2.45, 2.75) is 31.0 Å². The first-order chi connectivity index (χ1) is 20.6. The molecule has 0 aliphatic carbocycles. The maximum atomic E-state index is 14.6. The van der Waals surface area contributed by atoms with Gasteiger partial charge in [-0.3, -0.25) is 4.79 Å². The van der Waals surface area contributed by atoms with Crippen molar-refractivity contribution in [2.24, 2.45) is 0 Å². The fraction of sp³-hybridized carbons (Fsp3) is 0.276. The van der Waals surface area contributed by atoms with Gasteiger partial charge in [0, 0.05) is 22.1 Å². The number of methoxy groups -OCH3 is 1. The molecule has 0 spiro atoms. The van der Waals surface area contributed by atoms with Crippen LogP contribution in [0, 0.1) is 12.7 Å². The van der Waals surface area contributed by atoms with Crippen LogP contribution < -0.4 is 14.8 Å². The van der Waals surface area contributed by atoms with Gasteiger partial charge in [-0.2, -0.15) is 13.2 Å². The number of hydrogen-bond donors (Lipinski definition) is 2. The Balaban J connectivity index is 1.57. The molecular weight excluding hydrogens is 639 g/mol. The molecule has 0 saturated carbocycles. The SMILES string of the molecule is COc1cc(C(=O)NC[C@](O)(c2cc3c(c(-c4ccc(F)c(Cl)c4)n2)OC[C@H]3C(F)F)C(F)(F)F)cc2cc(Cl)c(C)nc12. The number of ether oxygens (including phenoxy) is 2. The van der Waals surface area contributed by atoms with Gasteiger partial charge < -0.3 is 19.9 Å². The van der Waals surface area contributed by atoms with Gasteiger partial charge in [0.1, 0.15) is 35.1 Å². The molecule has 0 radical (unpaired) electrons. The molecule has 15 heteroatoms. The summed E-state index contributed by atoms with van der Waals surface area (Å²) in [6.45, 7) is -0.389. The maximum absolute atomic E-state index is 14.6. The summed E-state index contributed by atoms with van der Waals surface area (Å²) in [6, 6.07) is 7.82. The number of rotatable bonds is 7. The van der Waals surface area contributed by atoms with Crippen LogP contribution in [0.1, 0.15) is 33.2 Å². The van der Waals surface area contributed by atoms with Gasteiger partial charge in [-0.05, 0) is 49.4 Å². The first-order valence-electron chi connectivity index (χ1n) is 12.8. The summed E-state index contributed by atoms with van der Waals surface area (Å²) in [5.41, 5.74) is -5.06. The number of hydrogen-bond acceptors (Lipinski definition) is 6. The molecule has 3 heterocycles. The monoisotopic (exact) mass is 659 g/mol. The van der Waals surface area contributed by atoms with Gasteiger partial charge in [0.15, 0.2) is 0 Å². The fourth-order valence-corrected chi connectivity index (χ4v) is 5.10. The third-order valence-corrected chi connectivity index (χ3v) is 7.87. The lowest BCUT2D eigenvalue weighted by Crippen LogP contribution is -2.51. The van der Waals surface area contributed by atoms with E-state index in [0.717, 1.165) is 18.2 Å². The molecule has 5 rings (SSSR count). The highest BCUT2D eigenvalue weighted by molar-refractivity contribution is 6.32. The minimum atomic E-state index is -5.46. The van der Waals surface area contributed by atoms with Crippen molar-refractivity contribution in [3.63, 3.8) is 0 Å². The maximum Gasteiger partial charge on any atom is 0.424 e. The second kappa shape index (κ2) is 11.6. The summed E-state index contributed by atoms with van der Waals surface area (Å²) >= 11 is 12.0. The molecule has 232 valence electrons. The first kappa shape index (κ1) is 31.6. The van der Waals surface area contributed by atoms with Gasteiger partial charge in [-0.25, -0.2) is 23.1 Å². The summed E-state index contributed by atoms with van der Waals surface area (Å²) in [4.78, 5) is 21.4. The lowest BCUT2D eigenvalue weighted by Gasteiger charge is -2.31. The van der Waals surface area contributed by atoms with Crippen LogP contribution in [0.25, 0.3) is 22.2 Å². The van der Waals surface area contributed by atoms with Crippen LogP contribution >= 0.6 is 23.2 Å². The molecule has 2 aromatic carbocycles. The molecule has 7 nitrogen and oxygen atoms in total. The van der Waals surface area contributed by atoms with Crippen molar-refractivity contribution in [2.75, 3.05) is 20.3 Å². The van der Waals surface area contributed by atoms with Crippen LogP contribution in [0.3, 0.4) is 0 Å². The van der Waals surface area contributed by atoms with Gasteiger partial charge in [-0.15, -0.1) is 0 Å². The molecular formula is C29H21Cl2F6N3O4. The number of fused-ring (bicyclic) bond motifs is 2. The van der Waals surface area contributed by atoms with Crippen LogP contribution in [0.2, 0.25) is 10.0 Å². The molecule has 2 N–H and O–H groups in total. The minimum Gasteiger partial charge on any atom is -0.494 e. The largest absolute Gasteiger partial charge is 0.494 e. The van der Waals surface area contributed by atoms with Crippen LogP contribution in [0.5, 0.6) is 11.5 Å². The number of nitrogens with zero attached hydrogens (tertiary/aromatic N) is 2. The number of amides is 1. The summed E-state index contributed by atoms with van der Waals surface area (Å²) in [7, 11) is 1.31. The standard InChI is InChI=1S/C29H21Cl2F6N3O4/c1-12-18(30)7-14-5-15(8-21(43-2)23(14)39-12)27(41)38-11-28(42,29(35,36)37)22-9-16-17(26(33)34)10-44-25(16)24(40-22)13-3-4-20(32)19(31)6-13/h3-9,17,26,42H,10-11H2,1-2H3,(H,38,41)/t17-,28+/m1/s1. The Morgan fingerprint density at radius 1 is 1.14 bits per heavy atom. The van der Waals surface area contributed by atoms with Crippen LogP contribution in [0.15, 0.2) is 42.5 Å². The number of halogens is 8. The molecule has 4 aromatic rings. The van der Waals surface area contributed by atoms with E-state index in [-0.39, 0.29) is 38.9 Å². The number of pyridine rings is 2. The topological polar surface area (TPSA) is 93.6 Å². The number of aliphatic hydroxyl groups is 1. The fourth-order valence-electron chi connectivity index (χ4n) is 4.76. The molecule has 0 fully saturated rings. The third-order valence-electron chi connectivity index (χ3n) is 7.20. The van der Waals surface area contributed by atoms with Gasteiger partial charge in [0.05, 0.1) is 41.0 Å². The van der Waals surface area contributed by atoms with E-state index in [4.69, 9.17) is 32.7 Å². The van der Waals surface area contributed by atoms with Crippen molar-refractivity contribution in [3.8, 4) is 22.8 Å². The van der Waals surface area contributed by atoms with E-state index >= 15 is 0 Å². The van der Waals surface area contributed by atoms with E-state index in [1.807, 2.05) is 0 Å². The smallest absolute Gasteiger partial charge is 0.424 e. The van der Waals surface area contributed by atoms with E-state index < -0.39 is 59.7 Å². The van der Waals surface area contributed by atoms with Gasteiger partial charge in [-0.1, -0.05) is 23.2 Å². The lowest BCUT2D eigenvalue weighted by molar-refractivity contribution is -0.265. The van der Waals surface area contributed by atoms with Gasteiger partial charge in [0.25, 0.3) is 5.91 Å². The van der Waals surface area contributed by atoms with Crippen molar-refractivity contribution in [1.29, 1.82) is 0 Å². The van der Waals surface area contributed by atoms with Crippen molar-refractivity contribution >= 4 is 40.0 Å². The predicted octanol–water partition coefficient (Wildman–Crippen LogP) is 6.98. The average Bonchev–Trinajstić information content (AvgIpc) is 3.41. The van der Waals surface area contributed by atoms with E-state index in [2.05, 4.69) is 15.3 Å². The number of alkyl halides is 5. The molecule has 2 aromatic heterocycles. The second-order valence-electron chi connectivity index (χ2n) is 10.0. The molecule has 1 aliphatic heterocycles. The molecule has 0 unspecified atom stereocenters. The van der Waals surface area contributed by atoms with Crippen molar-refractivity contribution in [3.05, 3.63) is 80.8 Å². The van der Waals surface area contributed by atoms with Crippen LogP contribution in [-0.4, -0.2) is 53.8 Å². The Labute approximate surface area is 255 Å². The Morgan fingerprint density at radius 3 is 2.50 bits per heavy atom. The molecule has 1 amide bonds. The number of aryl methyl sites for hydroxylation is 1. The zero-order valence-corrected chi connectivity index (χ0v) is 24.2. The van der Waals surface area contributed by atoms with Crippen molar-refractivity contribution < 1.29 is 45.7 Å². The second-order valence-corrected chi connectivity index (χ2v) is 10.8. The lowest BCUT2D eigenvalue weighted by atomic mass is 9.91. The van der Waals surface area contributed by atoms with E-state index in [1.165, 1.54) is 25.3 Å². The highest BCUT2D eigenvalue weighted by Crippen LogP contribution is 2.47. The molecule has 1 aliphatic rings. The number of carbonyl (C=O) groups excluding carboxylic acids is 1. The molecule has 2 atom stereocenters. The van der Waals surface area contributed by atoms with E-state index in [9.17, 15) is 36.2 Å². The third kappa shape index (κ3) is 5.59. The van der Waals surface area contributed by atoms with Crippen LogP contribution in [0.4, 0.5) is 26.3 Å². The number of aromatic nitrogens is 2. The van der Waals surface area contributed by atoms with E-state index in [1.54, 1.807) is 6.92 Å². The Bertz CT molecular complexity index is 1790. The average molecular weight is 660 g/mol. The van der Waals surface area contributed by atoms with Crippen molar-refractivity contribution in [1.82, 2.24) is 15.3 Å². The Kier molecular flexibility index (Phi) is 8.33. The number of benzene rings is 2. The highest BCUT2D eigenvalue weighted by Gasteiger charge is 2.57. The summed E-state index contributed by atoms with van der Waals surface area (Å²) in [5.74, 6) is -3.66.